The third kappa shape index (κ3) is 5.85. The maximum Gasteiger partial charge on any atom is 0.302 e. The van der Waals surface area contributed by atoms with Gasteiger partial charge in [0.15, 0.2) is 0 Å². The molecule has 0 N–H and O–H groups in total. The standard InChI is InChI=1S/C6H11ClO3/c1-5(3-9-4-7)10-6(2)8/h5H,3-4H2,1-2H3. The largest absolute Gasteiger partial charge is 0.460 e. The van der Waals surface area contributed by atoms with Crippen molar-refractivity contribution >= 4 is 17.6 Å². The topological polar surface area (TPSA) is 35.5 Å². The second kappa shape index (κ2) is 5.50. The Morgan fingerprint density at radius 1 is 1.70 bits per heavy atom. The third-order valence-electron chi connectivity index (χ3n) is 0.797. The second-order valence-electron chi connectivity index (χ2n) is 1.90. The molecular weight excluding hydrogens is 156 g/mol. The smallest absolute Gasteiger partial charge is 0.302 e. The van der Waals surface area contributed by atoms with Crippen molar-refractivity contribution in [2.75, 3.05) is 12.7 Å². The van der Waals surface area contributed by atoms with Gasteiger partial charge >= 0.3 is 5.97 Å². The highest BCUT2D eigenvalue weighted by Gasteiger charge is 2.03. The number of hydrogen-bond donors (Lipinski definition) is 0. The predicted molar refractivity (Wildman–Crippen MR) is 37.9 cm³/mol. The molecule has 3 nitrogen and oxygen atoms in total. The van der Waals surface area contributed by atoms with Crippen LogP contribution in [0.5, 0.6) is 0 Å². The third-order valence-corrected chi connectivity index (χ3v) is 0.951. The molecule has 0 aromatic heterocycles. The Bertz CT molecular complexity index is 105. The molecular formula is C6H11ClO3. The summed E-state index contributed by atoms with van der Waals surface area (Å²) in [7, 11) is 0. The average molecular weight is 167 g/mol. The van der Waals surface area contributed by atoms with E-state index in [4.69, 9.17) is 21.1 Å². The molecule has 0 aliphatic heterocycles. The molecule has 0 bridgehead atoms. The summed E-state index contributed by atoms with van der Waals surface area (Å²) < 4.78 is 9.51. The molecule has 60 valence electrons. The lowest BCUT2D eigenvalue weighted by atomic mass is 10.4. The number of carbonyl (C=O) groups is 1. The molecule has 0 aromatic carbocycles. The molecule has 1 unspecified atom stereocenters. The van der Waals surface area contributed by atoms with Gasteiger partial charge in [0, 0.05) is 6.92 Å². The van der Waals surface area contributed by atoms with Gasteiger partial charge in [-0.1, -0.05) is 11.6 Å². The van der Waals surface area contributed by atoms with E-state index in [0.29, 0.717) is 6.61 Å². The number of ether oxygens (including phenoxy) is 2. The summed E-state index contributed by atoms with van der Waals surface area (Å²) in [6, 6.07) is 0.131. The minimum atomic E-state index is -0.300. The molecule has 0 saturated carbocycles. The first-order valence-corrected chi connectivity index (χ1v) is 3.51. The van der Waals surface area contributed by atoms with Crippen molar-refractivity contribution in [1.29, 1.82) is 0 Å². The highest BCUT2D eigenvalue weighted by Crippen LogP contribution is 1.92. The van der Waals surface area contributed by atoms with Crippen LogP contribution in [0.15, 0.2) is 0 Å². The zero-order valence-electron chi connectivity index (χ0n) is 6.09. The molecule has 4 heteroatoms. The lowest BCUT2D eigenvalue weighted by molar-refractivity contribution is -0.147. The van der Waals surface area contributed by atoms with Gasteiger partial charge in [-0.15, -0.1) is 0 Å². The van der Waals surface area contributed by atoms with Crippen molar-refractivity contribution in [1.82, 2.24) is 0 Å². The minimum Gasteiger partial charge on any atom is -0.460 e. The summed E-state index contributed by atoms with van der Waals surface area (Å²) in [5.41, 5.74) is 0. The van der Waals surface area contributed by atoms with E-state index in [1.807, 2.05) is 0 Å². The number of hydrogen-bond acceptors (Lipinski definition) is 3. The van der Waals surface area contributed by atoms with Gasteiger partial charge in [0.25, 0.3) is 0 Å². The Morgan fingerprint density at radius 2 is 2.30 bits per heavy atom. The van der Waals surface area contributed by atoms with E-state index >= 15 is 0 Å². The van der Waals surface area contributed by atoms with Crippen LogP contribution in [0, 0.1) is 0 Å². The van der Waals surface area contributed by atoms with E-state index < -0.39 is 0 Å². The summed E-state index contributed by atoms with van der Waals surface area (Å²) in [6.45, 7) is 3.45. The lowest BCUT2D eigenvalue weighted by Gasteiger charge is -2.09. The van der Waals surface area contributed by atoms with Crippen LogP contribution in [0.3, 0.4) is 0 Å². The van der Waals surface area contributed by atoms with Crippen molar-refractivity contribution in [3.05, 3.63) is 0 Å². The molecule has 0 aromatic rings. The number of carbonyl (C=O) groups excluding carboxylic acids is 1. The van der Waals surface area contributed by atoms with Crippen molar-refractivity contribution in [3.63, 3.8) is 0 Å². The van der Waals surface area contributed by atoms with Crippen LogP contribution in [0.2, 0.25) is 0 Å². The number of alkyl halides is 1. The lowest BCUT2D eigenvalue weighted by Crippen LogP contribution is -2.18. The normalized spacial score (nSPS) is 12.7. The van der Waals surface area contributed by atoms with Gasteiger partial charge in [-0.2, -0.15) is 0 Å². The Kier molecular flexibility index (Phi) is 5.35. The molecule has 1 atom stereocenters. The molecule has 0 radical (unpaired) electrons. The van der Waals surface area contributed by atoms with Crippen LogP contribution >= 0.6 is 11.6 Å². The van der Waals surface area contributed by atoms with Gasteiger partial charge in [0.1, 0.15) is 12.2 Å². The van der Waals surface area contributed by atoms with E-state index in [1.54, 1.807) is 6.92 Å². The first kappa shape index (κ1) is 9.72. The first-order chi connectivity index (χ1) is 4.66. The van der Waals surface area contributed by atoms with Gasteiger partial charge < -0.3 is 9.47 Å². The summed E-state index contributed by atoms with van der Waals surface area (Å²) in [6.07, 6.45) is -0.212. The highest BCUT2D eigenvalue weighted by atomic mass is 35.5. The highest BCUT2D eigenvalue weighted by molar-refractivity contribution is 6.17. The van der Waals surface area contributed by atoms with E-state index in [2.05, 4.69) is 0 Å². The summed E-state index contributed by atoms with van der Waals surface area (Å²) in [5, 5.41) is 0. The molecule has 0 amide bonds. The fourth-order valence-corrected chi connectivity index (χ4v) is 0.617. The monoisotopic (exact) mass is 166 g/mol. The molecule has 10 heavy (non-hydrogen) atoms. The van der Waals surface area contributed by atoms with Crippen LogP contribution in [0.1, 0.15) is 13.8 Å². The Morgan fingerprint density at radius 3 is 2.70 bits per heavy atom. The van der Waals surface area contributed by atoms with Gasteiger partial charge in [0.2, 0.25) is 0 Å². The summed E-state index contributed by atoms with van der Waals surface area (Å²) in [5.74, 6) is -0.300. The molecule has 0 aliphatic carbocycles. The van der Waals surface area contributed by atoms with Crippen LogP contribution in [-0.4, -0.2) is 24.7 Å². The van der Waals surface area contributed by atoms with Gasteiger partial charge in [-0.25, -0.2) is 0 Å². The Labute approximate surface area is 65.3 Å². The van der Waals surface area contributed by atoms with Crippen LogP contribution in [0.4, 0.5) is 0 Å². The average Bonchev–Trinajstić information content (AvgIpc) is 1.82. The van der Waals surface area contributed by atoms with Crippen molar-refractivity contribution in [2.45, 2.75) is 20.0 Å². The van der Waals surface area contributed by atoms with Crippen LogP contribution < -0.4 is 0 Å². The summed E-state index contributed by atoms with van der Waals surface area (Å²) in [4.78, 5) is 10.3. The zero-order valence-corrected chi connectivity index (χ0v) is 6.85. The zero-order chi connectivity index (χ0) is 7.98. The summed E-state index contributed by atoms with van der Waals surface area (Å²) >= 11 is 5.22. The molecule has 0 rings (SSSR count). The van der Waals surface area contributed by atoms with Crippen molar-refractivity contribution in [3.8, 4) is 0 Å². The van der Waals surface area contributed by atoms with Crippen LogP contribution in [-0.2, 0) is 14.3 Å². The van der Waals surface area contributed by atoms with E-state index in [-0.39, 0.29) is 18.1 Å². The van der Waals surface area contributed by atoms with E-state index in [9.17, 15) is 4.79 Å². The Hall–Kier alpha value is -0.280. The fourth-order valence-electron chi connectivity index (χ4n) is 0.528. The molecule has 0 fully saturated rings. The van der Waals surface area contributed by atoms with Gasteiger partial charge in [-0.05, 0) is 6.92 Å². The maximum absolute atomic E-state index is 10.3. The van der Waals surface area contributed by atoms with Gasteiger partial charge in [0.05, 0.1) is 6.61 Å². The molecule has 0 heterocycles. The fraction of sp³-hybridized carbons (Fsp3) is 0.833. The maximum atomic E-state index is 10.3. The number of halogens is 1. The molecule has 0 saturated heterocycles. The minimum absolute atomic E-state index is 0.131. The predicted octanol–water partition coefficient (Wildman–Crippen LogP) is 1.15. The first-order valence-electron chi connectivity index (χ1n) is 2.97. The quantitative estimate of drug-likeness (QED) is 0.464. The second-order valence-corrected chi connectivity index (χ2v) is 2.12. The van der Waals surface area contributed by atoms with Crippen molar-refractivity contribution < 1.29 is 14.3 Å². The number of rotatable bonds is 4. The van der Waals surface area contributed by atoms with Crippen LogP contribution in [0.25, 0.3) is 0 Å². The number of esters is 1. The van der Waals surface area contributed by atoms with Crippen molar-refractivity contribution in [2.24, 2.45) is 0 Å². The van der Waals surface area contributed by atoms with E-state index in [0.717, 1.165) is 0 Å². The Balaban J connectivity index is 3.25. The molecule has 0 aliphatic rings. The van der Waals surface area contributed by atoms with E-state index in [1.165, 1.54) is 6.92 Å². The SMILES string of the molecule is CC(=O)OC(C)COCCl. The van der Waals surface area contributed by atoms with Gasteiger partial charge in [-0.3, -0.25) is 4.79 Å². The molecule has 0 spiro atoms.